The first-order valence-electron chi connectivity index (χ1n) is 6.91. The highest BCUT2D eigenvalue weighted by molar-refractivity contribution is 6.13. The molecule has 0 atom stereocenters. The molecule has 2 amide bonds. The van der Waals surface area contributed by atoms with Gasteiger partial charge >= 0.3 is 0 Å². The predicted molar refractivity (Wildman–Crippen MR) is 80.7 cm³/mol. The lowest BCUT2D eigenvalue weighted by molar-refractivity contribution is 0.0977. The molecule has 2 aromatic heterocycles. The molecule has 0 saturated carbocycles. The zero-order valence-corrected chi connectivity index (χ0v) is 12.2. The monoisotopic (exact) mass is 316 g/mol. The van der Waals surface area contributed by atoms with Crippen LogP contribution in [0.2, 0.25) is 0 Å². The predicted octanol–water partition coefficient (Wildman–Crippen LogP) is 3.08. The summed E-state index contributed by atoms with van der Waals surface area (Å²) >= 11 is 0. The fourth-order valence-corrected chi connectivity index (χ4v) is 2.23. The van der Waals surface area contributed by atoms with E-state index in [-0.39, 0.29) is 28.2 Å². The number of primary amides is 1. The number of amides is 2. The quantitative estimate of drug-likeness (QED) is 0.772. The topological polar surface area (TPSA) is 98.5 Å². The third-order valence-corrected chi connectivity index (χ3v) is 3.35. The highest BCUT2D eigenvalue weighted by atomic mass is 19.1. The van der Waals surface area contributed by atoms with Crippen LogP contribution in [0.25, 0.3) is 11.0 Å². The van der Waals surface area contributed by atoms with Gasteiger partial charge in [0, 0.05) is 11.8 Å². The molecule has 0 bridgehead atoms. The van der Waals surface area contributed by atoms with Crippen molar-refractivity contribution in [1.82, 2.24) is 0 Å². The fraction of sp³-hybridized carbons (Fsp3) is 0.125. The fourth-order valence-electron chi connectivity index (χ4n) is 2.23. The molecule has 0 spiro atoms. The minimum Gasteiger partial charge on any atom is -0.456 e. The average Bonchev–Trinajstić information content (AvgIpc) is 3.12. The molecule has 0 fully saturated rings. The van der Waals surface area contributed by atoms with Crippen LogP contribution in [-0.2, 0) is 6.42 Å². The average molecular weight is 316 g/mol. The SMILES string of the molecule is CCc1ccc(C(=O)Nc2c(C(N)=O)oc3ccc(F)cc23)o1. The number of rotatable bonds is 4. The first-order valence-corrected chi connectivity index (χ1v) is 6.91. The van der Waals surface area contributed by atoms with Gasteiger partial charge in [-0.1, -0.05) is 6.92 Å². The standard InChI is InChI=1S/C16H13FN2O4/c1-2-9-4-6-12(22-9)16(21)19-13-10-7-8(17)3-5-11(10)23-14(13)15(18)20/h3-7H,2H2,1H3,(H2,18,20)(H,19,21). The van der Waals surface area contributed by atoms with Crippen LogP contribution in [0, 0.1) is 5.82 Å². The number of carbonyl (C=O) groups is 2. The van der Waals surface area contributed by atoms with Crippen molar-refractivity contribution in [3.8, 4) is 0 Å². The molecule has 0 saturated heterocycles. The molecule has 3 aromatic rings. The molecular formula is C16H13FN2O4. The van der Waals surface area contributed by atoms with Crippen LogP contribution >= 0.6 is 0 Å². The summed E-state index contributed by atoms with van der Waals surface area (Å²) in [4.78, 5) is 23.8. The normalized spacial score (nSPS) is 10.9. The molecule has 3 N–H and O–H groups in total. The zero-order valence-electron chi connectivity index (χ0n) is 12.2. The number of anilines is 1. The zero-order chi connectivity index (χ0) is 16.6. The van der Waals surface area contributed by atoms with Crippen LogP contribution in [-0.4, -0.2) is 11.8 Å². The van der Waals surface area contributed by atoms with Gasteiger partial charge in [-0.2, -0.15) is 0 Å². The van der Waals surface area contributed by atoms with E-state index in [1.165, 1.54) is 18.2 Å². The lowest BCUT2D eigenvalue weighted by Gasteiger charge is -2.02. The van der Waals surface area contributed by atoms with Crippen LogP contribution in [0.4, 0.5) is 10.1 Å². The molecule has 6 nitrogen and oxygen atoms in total. The first kappa shape index (κ1) is 14.8. The second-order valence-electron chi connectivity index (χ2n) is 4.88. The smallest absolute Gasteiger partial charge is 0.291 e. The third-order valence-electron chi connectivity index (χ3n) is 3.35. The van der Waals surface area contributed by atoms with E-state index < -0.39 is 17.6 Å². The highest BCUT2D eigenvalue weighted by Crippen LogP contribution is 2.31. The number of furan rings is 2. The number of aryl methyl sites for hydroxylation is 1. The van der Waals surface area contributed by atoms with Crippen LogP contribution in [0.3, 0.4) is 0 Å². The molecule has 118 valence electrons. The number of nitrogens with two attached hydrogens (primary N) is 1. The Balaban J connectivity index is 2.03. The van der Waals surface area contributed by atoms with E-state index in [1.807, 2.05) is 6.92 Å². The number of fused-ring (bicyclic) bond motifs is 1. The first-order chi connectivity index (χ1) is 11.0. The van der Waals surface area contributed by atoms with E-state index in [4.69, 9.17) is 14.6 Å². The molecule has 0 unspecified atom stereocenters. The molecule has 0 aliphatic heterocycles. The minimum atomic E-state index is -0.870. The van der Waals surface area contributed by atoms with Gasteiger partial charge < -0.3 is 19.9 Å². The summed E-state index contributed by atoms with van der Waals surface area (Å²) in [5.41, 5.74) is 5.52. The van der Waals surface area contributed by atoms with Crippen LogP contribution in [0.1, 0.15) is 33.8 Å². The maximum absolute atomic E-state index is 13.4. The van der Waals surface area contributed by atoms with Gasteiger partial charge in [-0.25, -0.2) is 4.39 Å². The Morgan fingerprint density at radius 2 is 2.00 bits per heavy atom. The molecule has 23 heavy (non-hydrogen) atoms. The summed E-state index contributed by atoms with van der Waals surface area (Å²) in [5, 5.41) is 2.75. The number of hydrogen-bond acceptors (Lipinski definition) is 4. The Labute approximate surface area is 130 Å². The Hall–Kier alpha value is -3.09. The Morgan fingerprint density at radius 1 is 1.22 bits per heavy atom. The number of hydrogen-bond donors (Lipinski definition) is 2. The molecule has 3 rings (SSSR count). The maximum atomic E-state index is 13.4. The molecule has 1 aromatic carbocycles. The minimum absolute atomic E-state index is 0.0199. The summed E-state index contributed by atoms with van der Waals surface area (Å²) in [7, 11) is 0. The van der Waals surface area contributed by atoms with Gasteiger partial charge in [-0.15, -0.1) is 0 Å². The summed E-state index contributed by atoms with van der Waals surface area (Å²) in [6.45, 7) is 1.89. The van der Waals surface area contributed by atoms with Gasteiger partial charge in [-0.05, 0) is 30.3 Å². The van der Waals surface area contributed by atoms with Crippen molar-refractivity contribution in [3.63, 3.8) is 0 Å². The number of carbonyl (C=O) groups excluding carboxylic acids is 2. The van der Waals surface area contributed by atoms with Crippen molar-refractivity contribution in [3.05, 3.63) is 53.4 Å². The second kappa shape index (κ2) is 5.60. The van der Waals surface area contributed by atoms with Crippen LogP contribution in [0.15, 0.2) is 39.2 Å². The van der Waals surface area contributed by atoms with Crippen molar-refractivity contribution in [1.29, 1.82) is 0 Å². The Kier molecular flexibility index (Phi) is 3.61. The second-order valence-corrected chi connectivity index (χ2v) is 4.88. The van der Waals surface area contributed by atoms with E-state index in [9.17, 15) is 14.0 Å². The van der Waals surface area contributed by atoms with Gasteiger partial charge in [0.2, 0.25) is 5.76 Å². The van der Waals surface area contributed by atoms with E-state index in [1.54, 1.807) is 6.07 Å². The van der Waals surface area contributed by atoms with Crippen LogP contribution in [0.5, 0.6) is 0 Å². The summed E-state index contributed by atoms with van der Waals surface area (Å²) in [6.07, 6.45) is 0.639. The largest absolute Gasteiger partial charge is 0.456 e. The van der Waals surface area contributed by atoms with Gasteiger partial charge in [0.1, 0.15) is 22.8 Å². The van der Waals surface area contributed by atoms with Gasteiger partial charge in [0.05, 0.1) is 0 Å². The van der Waals surface area contributed by atoms with Gasteiger partial charge in [0.25, 0.3) is 11.8 Å². The van der Waals surface area contributed by atoms with Gasteiger partial charge in [-0.3, -0.25) is 9.59 Å². The van der Waals surface area contributed by atoms with Crippen molar-refractivity contribution < 1.29 is 22.8 Å². The molecule has 0 aliphatic rings. The van der Waals surface area contributed by atoms with E-state index >= 15 is 0 Å². The van der Waals surface area contributed by atoms with E-state index in [2.05, 4.69) is 5.32 Å². The number of halogens is 1. The molecule has 2 heterocycles. The van der Waals surface area contributed by atoms with E-state index in [0.717, 1.165) is 6.07 Å². The lowest BCUT2D eigenvalue weighted by atomic mass is 10.2. The summed E-state index contributed by atoms with van der Waals surface area (Å²) in [6, 6.07) is 6.88. The lowest BCUT2D eigenvalue weighted by Crippen LogP contribution is -2.16. The summed E-state index contributed by atoms with van der Waals surface area (Å²) < 4.78 is 24.1. The van der Waals surface area contributed by atoms with E-state index in [0.29, 0.717) is 12.2 Å². The summed E-state index contributed by atoms with van der Waals surface area (Å²) in [5.74, 6) is -1.52. The van der Waals surface area contributed by atoms with Crippen LogP contribution < -0.4 is 11.1 Å². The Bertz CT molecular complexity index is 910. The number of nitrogens with one attached hydrogen (secondary N) is 1. The Morgan fingerprint density at radius 3 is 2.65 bits per heavy atom. The molecule has 7 heteroatoms. The van der Waals surface area contributed by atoms with Gasteiger partial charge in [0.15, 0.2) is 5.76 Å². The maximum Gasteiger partial charge on any atom is 0.291 e. The highest BCUT2D eigenvalue weighted by Gasteiger charge is 2.22. The molecular weight excluding hydrogens is 303 g/mol. The van der Waals surface area contributed by atoms with Crippen molar-refractivity contribution in [2.75, 3.05) is 5.32 Å². The van der Waals surface area contributed by atoms with Crippen molar-refractivity contribution in [2.45, 2.75) is 13.3 Å². The number of benzene rings is 1. The molecule has 0 aliphatic carbocycles. The van der Waals surface area contributed by atoms with Crippen molar-refractivity contribution >= 4 is 28.5 Å². The third kappa shape index (κ3) is 2.68. The molecule has 0 radical (unpaired) electrons. The van der Waals surface area contributed by atoms with Crippen molar-refractivity contribution in [2.24, 2.45) is 5.73 Å².